The number of benzene rings is 1. The molecule has 10 N–H and O–H groups in total. The summed E-state index contributed by atoms with van der Waals surface area (Å²) in [5, 5.41) is 20.2. The number of rotatable bonds is 16. The number of urea groups is 1. The summed E-state index contributed by atoms with van der Waals surface area (Å²) in [6, 6.07) is 2.23. The van der Waals surface area contributed by atoms with Crippen LogP contribution in [0, 0.1) is 0 Å². The number of hydrogen-bond donors (Lipinski definition) is 8. The molecule has 1 fully saturated rings. The Hall–Kier alpha value is -5.15. The van der Waals surface area contributed by atoms with Gasteiger partial charge in [0.15, 0.2) is 0 Å². The number of likely N-dealkylation sites (tertiary alicyclic amines) is 1. The number of carboxylic acids is 1. The van der Waals surface area contributed by atoms with Crippen LogP contribution >= 0.6 is 0 Å². The van der Waals surface area contributed by atoms with Crippen molar-refractivity contribution in [3.05, 3.63) is 36.0 Å². The highest BCUT2D eigenvalue weighted by atomic mass is 16.4. The smallest absolute Gasteiger partial charge is 0.312 e. The van der Waals surface area contributed by atoms with Crippen LogP contribution in [0.25, 0.3) is 10.9 Å². The van der Waals surface area contributed by atoms with Crippen LogP contribution in [-0.2, 0) is 35.2 Å². The lowest BCUT2D eigenvalue weighted by molar-refractivity contribution is -0.146. The summed E-state index contributed by atoms with van der Waals surface area (Å²) in [5.41, 5.74) is 12.1. The van der Waals surface area contributed by atoms with E-state index in [0.717, 1.165) is 10.9 Å². The normalized spacial score (nSPS) is 16.5. The number of fused-ring (bicyclic) bond motifs is 1. The molecule has 1 aliphatic rings. The summed E-state index contributed by atoms with van der Waals surface area (Å²) in [7, 11) is 0. The first kappa shape index (κ1) is 35.3. The van der Waals surface area contributed by atoms with Gasteiger partial charge < -0.3 is 47.7 Å². The summed E-state index contributed by atoms with van der Waals surface area (Å²) in [4.78, 5) is 91.6. The van der Waals surface area contributed by atoms with Crippen molar-refractivity contribution in [3.63, 3.8) is 0 Å². The SMILES string of the molecule is CC(=O)NC(CCC(=O)O)C(=O)N1CCCCC1C(=O)NC(Cc1c[nH]c2ccccc12)C(=O)NC(CCCNC(N)=O)C(N)=O. The van der Waals surface area contributed by atoms with Gasteiger partial charge in [0, 0.05) is 50.0 Å². The fourth-order valence-corrected chi connectivity index (χ4v) is 5.51. The molecule has 3 rings (SSSR count). The Kier molecular flexibility index (Phi) is 12.9. The second-order valence-electron chi connectivity index (χ2n) is 11.3. The van der Waals surface area contributed by atoms with E-state index in [0.29, 0.717) is 18.4 Å². The molecule has 0 radical (unpaired) electrons. The molecule has 2 aromatic rings. The maximum Gasteiger partial charge on any atom is 0.312 e. The highest BCUT2D eigenvalue weighted by Crippen LogP contribution is 2.22. The van der Waals surface area contributed by atoms with E-state index in [1.54, 1.807) is 6.20 Å². The van der Waals surface area contributed by atoms with Crippen LogP contribution in [-0.4, -0.2) is 93.8 Å². The average molecular weight is 643 g/mol. The van der Waals surface area contributed by atoms with Crippen molar-refractivity contribution in [2.75, 3.05) is 13.1 Å². The zero-order chi connectivity index (χ0) is 33.8. The maximum atomic E-state index is 13.8. The van der Waals surface area contributed by atoms with E-state index in [1.165, 1.54) is 11.8 Å². The van der Waals surface area contributed by atoms with Crippen LogP contribution in [0.4, 0.5) is 4.79 Å². The molecule has 1 saturated heterocycles. The summed E-state index contributed by atoms with van der Waals surface area (Å²) >= 11 is 0. The maximum absolute atomic E-state index is 13.8. The number of para-hydroxylation sites is 1. The molecular formula is C30H42N8O8. The number of amides is 7. The van der Waals surface area contributed by atoms with E-state index in [2.05, 4.69) is 26.3 Å². The largest absolute Gasteiger partial charge is 0.481 e. The van der Waals surface area contributed by atoms with Gasteiger partial charge in [0.05, 0.1) is 0 Å². The lowest BCUT2D eigenvalue weighted by atomic mass is 9.97. The predicted octanol–water partition coefficient (Wildman–Crippen LogP) is -0.636. The molecule has 1 aliphatic heterocycles. The Morgan fingerprint density at radius 1 is 0.978 bits per heavy atom. The van der Waals surface area contributed by atoms with E-state index >= 15 is 0 Å². The monoisotopic (exact) mass is 642 g/mol. The number of nitrogens with two attached hydrogens (primary N) is 2. The number of primary amides is 2. The van der Waals surface area contributed by atoms with Crippen LogP contribution < -0.4 is 32.7 Å². The molecule has 1 aromatic carbocycles. The van der Waals surface area contributed by atoms with Gasteiger partial charge in [0.1, 0.15) is 24.2 Å². The standard InChI is InChI=1S/C30H42N8O8/c1-17(39)35-22(11-12-25(40)41)29(45)38-14-5-4-10-24(38)28(44)37-23(15-18-16-34-20-8-3-2-7-19(18)20)27(43)36-21(26(31)42)9-6-13-33-30(32)46/h2-3,7-8,16,21-24,34H,4-6,9-15H2,1H3,(H2,31,42)(H,35,39)(H,36,43)(H,37,44)(H,40,41)(H3,32,33,46). The zero-order valence-corrected chi connectivity index (χ0v) is 25.7. The fraction of sp³-hybridized carbons (Fsp3) is 0.500. The molecule has 4 unspecified atom stereocenters. The zero-order valence-electron chi connectivity index (χ0n) is 25.7. The van der Waals surface area contributed by atoms with Crippen molar-refractivity contribution >= 4 is 52.4 Å². The van der Waals surface area contributed by atoms with Crippen LogP contribution in [0.3, 0.4) is 0 Å². The van der Waals surface area contributed by atoms with Crippen molar-refractivity contribution in [1.29, 1.82) is 0 Å². The van der Waals surface area contributed by atoms with Crippen molar-refractivity contribution < 1.29 is 38.7 Å². The molecule has 0 aliphatic carbocycles. The van der Waals surface area contributed by atoms with Crippen molar-refractivity contribution in [2.24, 2.45) is 11.5 Å². The second kappa shape index (κ2) is 16.8. The van der Waals surface area contributed by atoms with Crippen LogP contribution in [0.15, 0.2) is 30.5 Å². The number of carbonyl (C=O) groups excluding carboxylic acids is 6. The van der Waals surface area contributed by atoms with Crippen molar-refractivity contribution in [2.45, 2.75) is 82.5 Å². The van der Waals surface area contributed by atoms with E-state index in [-0.39, 0.29) is 51.6 Å². The average Bonchev–Trinajstić information content (AvgIpc) is 3.42. The van der Waals surface area contributed by atoms with E-state index in [4.69, 9.17) is 16.6 Å². The molecule has 0 saturated carbocycles. The number of hydrogen-bond acceptors (Lipinski definition) is 7. The summed E-state index contributed by atoms with van der Waals surface area (Å²) in [6.45, 7) is 1.56. The number of carboxylic acid groups (broad SMARTS) is 1. The first-order valence-corrected chi connectivity index (χ1v) is 15.1. The van der Waals surface area contributed by atoms with Gasteiger partial charge in [-0.05, 0) is 50.2 Å². The Bertz CT molecular complexity index is 1440. The van der Waals surface area contributed by atoms with Crippen LogP contribution in [0.2, 0.25) is 0 Å². The molecule has 0 spiro atoms. The highest BCUT2D eigenvalue weighted by molar-refractivity contribution is 5.96. The molecule has 4 atom stereocenters. The Morgan fingerprint density at radius 2 is 1.72 bits per heavy atom. The topological polar surface area (TPSA) is 259 Å². The number of nitrogens with zero attached hydrogens (tertiary/aromatic N) is 1. The number of nitrogens with one attached hydrogen (secondary N) is 5. The van der Waals surface area contributed by atoms with E-state index < -0.39 is 65.7 Å². The van der Waals surface area contributed by atoms with Crippen LogP contribution in [0.5, 0.6) is 0 Å². The van der Waals surface area contributed by atoms with Gasteiger partial charge in [-0.3, -0.25) is 28.8 Å². The van der Waals surface area contributed by atoms with Crippen molar-refractivity contribution in [1.82, 2.24) is 31.2 Å². The predicted molar refractivity (Wildman–Crippen MR) is 166 cm³/mol. The second-order valence-corrected chi connectivity index (χ2v) is 11.3. The molecule has 7 amide bonds. The molecule has 0 bridgehead atoms. The minimum Gasteiger partial charge on any atom is -0.481 e. The lowest BCUT2D eigenvalue weighted by Gasteiger charge is -2.37. The molecule has 250 valence electrons. The third-order valence-electron chi connectivity index (χ3n) is 7.77. The Labute approximate surface area is 265 Å². The summed E-state index contributed by atoms with van der Waals surface area (Å²) < 4.78 is 0. The van der Waals surface area contributed by atoms with E-state index in [9.17, 15) is 33.6 Å². The van der Waals surface area contributed by atoms with Gasteiger partial charge in [-0.25, -0.2) is 4.79 Å². The summed E-state index contributed by atoms with van der Waals surface area (Å²) in [6.07, 6.45) is 3.09. The number of aromatic amines is 1. The molecule has 16 heteroatoms. The van der Waals surface area contributed by atoms with Crippen LogP contribution in [0.1, 0.15) is 57.4 Å². The molecule has 2 heterocycles. The minimum absolute atomic E-state index is 0.0318. The highest BCUT2D eigenvalue weighted by Gasteiger charge is 2.38. The Balaban J connectivity index is 1.84. The number of H-pyrrole nitrogens is 1. The summed E-state index contributed by atoms with van der Waals surface area (Å²) in [5.74, 6) is -4.36. The van der Waals surface area contributed by atoms with Gasteiger partial charge in [-0.2, -0.15) is 0 Å². The molecule has 1 aromatic heterocycles. The van der Waals surface area contributed by atoms with Gasteiger partial charge in [-0.15, -0.1) is 0 Å². The third kappa shape index (κ3) is 10.2. The Morgan fingerprint density at radius 3 is 2.39 bits per heavy atom. The molecule has 16 nitrogen and oxygen atoms in total. The van der Waals surface area contributed by atoms with Gasteiger partial charge in [0.25, 0.3) is 0 Å². The van der Waals surface area contributed by atoms with Gasteiger partial charge in [0.2, 0.25) is 29.5 Å². The minimum atomic E-state index is -1.19. The van der Waals surface area contributed by atoms with Gasteiger partial charge >= 0.3 is 12.0 Å². The first-order valence-electron chi connectivity index (χ1n) is 15.1. The molecule has 46 heavy (non-hydrogen) atoms. The van der Waals surface area contributed by atoms with Gasteiger partial charge in [-0.1, -0.05) is 18.2 Å². The lowest BCUT2D eigenvalue weighted by Crippen LogP contribution is -2.60. The van der Waals surface area contributed by atoms with E-state index in [1.807, 2.05) is 24.3 Å². The first-order chi connectivity index (χ1) is 21.9. The fourth-order valence-electron chi connectivity index (χ4n) is 5.51. The number of carbonyl (C=O) groups is 7. The quantitative estimate of drug-likeness (QED) is 0.109. The van der Waals surface area contributed by atoms with Crippen molar-refractivity contribution in [3.8, 4) is 0 Å². The third-order valence-corrected chi connectivity index (χ3v) is 7.77. The number of aromatic nitrogens is 1. The number of piperidine rings is 1. The number of aliphatic carboxylic acids is 1. The molecular weight excluding hydrogens is 600 g/mol.